The number of hydrogen-bond acceptors (Lipinski definition) is 1. The number of aryl methyl sites for hydroxylation is 2. The Kier molecular flexibility index (Phi) is 4.65. The van der Waals surface area contributed by atoms with Crippen molar-refractivity contribution in [1.82, 2.24) is 9.13 Å². The lowest BCUT2D eigenvalue weighted by atomic mass is 10.0. The van der Waals surface area contributed by atoms with Crippen LogP contribution in [0.5, 0.6) is 0 Å². The Labute approximate surface area is 241 Å². The highest BCUT2D eigenvalue weighted by Gasteiger charge is 2.21. The van der Waals surface area contributed by atoms with Crippen molar-refractivity contribution in [2.24, 2.45) is 0 Å². The molecule has 0 aliphatic carbocycles. The van der Waals surface area contributed by atoms with Crippen molar-refractivity contribution >= 4 is 75.1 Å². The molecule has 0 aliphatic heterocycles. The molecule has 0 spiro atoms. The fourth-order valence-corrected chi connectivity index (χ4v) is 8.25. The molecule has 0 bridgehead atoms. The molecule has 0 unspecified atom stereocenters. The highest BCUT2D eigenvalue weighted by atomic mass is 32.1. The van der Waals surface area contributed by atoms with Gasteiger partial charge in [-0.05, 0) is 74.5 Å². The minimum absolute atomic E-state index is 1.20. The van der Waals surface area contributed by atoms with Crippen LogP contribution >= 0.6 is 11.3 Å². The SMILES string of the molecule is Cc1ccc2c(c1)c1c3sc4c(ccc5c4c4cc(C)ccc4n5-c4ccccc4)c3ccc1n2-c1ccccc1. The van der Waals surface area contributed by atoms with Gasteiger partial charge in [-0.15, -0.1) is 11.3 Å². The summed E-state index contributed by atoms with van der Waals surface area (Å²) in [5, 5.41) is 8.01. The van der Waals surface area contributed by atoms with Gasteiger partial charge in [0.2, 0.25) is 0 Å². The number of nitrogens with zero attached hydrogens (tertiary/aromatic N) is 2. The molecule has 6 aromatic carbocycles. The van der Waals surface area contributed by atoms with Gasteiger partial charge in [0.15, 0.2) is 0 Å². The van der Waals surface area contributed by atoms with Gasteiger partial charge in [-0.2, -0.15) is 0 Å². The summed E-state index contributed by atoms with van der Waals surface area (Å²) >= 11 is 1.95. The summed E-state index contributed by atoms with van der Waals surface area (Å²) in [4.78, 5) is 0. The molecule has 9 rings (SSSR count). The second-order valence-electron chi connectivity index (χ2n) is 11.2. The molecule has 0 N–H and O–H groups in total. The second kappa shape index (κ2) is 8.33. The average molecular weight is 543 g/mol. The summed E-state index contributed by atoms with van der Waals surface area (Å²) in [7, 11) is 0. The Balaban J connectivity index is 1.48. The summed E-state index contributed by atoms with van der Waals surface area (Å²) in [5.74, 6) is 0. The summed E-state index contributed by atoms with van der Waals surface area (Å²) < 4.78 is 7.58. The van der Waals surface area contributed by atoms with Gasteiger partial charge in [-0.25, -0.2) is 0 Å². The smallest absolute Gasteiger partial charge is 0.0555 e. The van der Waals surface area contributed by atoms with Gasteiger partial charge in [0.25, 0.3) is 0 Å². The third-order valence-corrected chi connectivity index (χ3v) is 9.86. The topological polar surface area (TPSA) is 9.86 Å². The molecule has 0 aliphatic rings. The normalized spacial score (nSPS) is 12.1. The maximum atomic E-state index is 2.42. The molecule has 0 fully saturated rings. The van der Waals surface area contributed by atoms with E-state index in [2.05, 4.69) is 144 Å². The van der Waals surface area contributed by atoms with Crippen LogP contribution in [0.2, 0.25) is 0 Å². The molecule has 0 amide bonds. The van der Waals surface area contributed by atoms with E-state index in [1.807, 2.05) is 11.3 Å². The van der Waals surface area contributed by atoms with Crippen LogP contribution in [0.3, 0.4) is 0 Å². The van der Waals surface area contributed by atoms with Gasteiger partial charge >= 0.3 is 0 Å². The van der Waals surface area contributed by atoms with Crippen molar-refractivity contribution in [3.05, 3.63) is 132 Å². The molecule has 3 aromatic heterocycles. The van der Waals surface area contributed by atoms with Crippen LogP contribution in [0.15, 0.2) is 121 Å². The van der Waals surface area contributed by atoms with Crippen LogP contribution in [0.4, 0.5) is 0 Å². The number of rotatable bonds is 2. The zero-order chi connectivity index (χ0) is 27.2. The molecule has 0 radical (unpaired) electrons. The van der Waals surface area contributed by atoms with Crippen LogP contribution in [-0.4, -0.2) is 9.13 Å². The van der Waals surface area contributed by atoms with Gasteiger partial charge in [-0.3, -0.25) is 0 Å². The van der Waals surface area contributed by atoms with Crippen LogP contribution in [0, 0.1) is 13.8 Å². The quantitative estimate of drug-likeness (QED) is 0.206. The highest BCUT2D eigenvalue weighted by molar-refractivity contribution is 7.27. The zero-order valence-corrected chi connectivity index (χ0v) is 23.7. The second-order valence-corrected chi connectivity index (χ2v) is 12.2. The Bertz CT molecular complexity index is 2300. The highest BCUT2D eigenvalue weighted by Crippen LogP contribution is 2.47. The number of thiophene rings is 1. The standard InChI is InChI=1S/C38H26N2S/c1-23-13-17-31-29(21-23)35-33(39(31)25-9-5-3-6-10-25)19-15-27-28-16-20-34-36(38(28)41-37(27)35)30-22-24(2)14-18-32(30)40(34)26-11-7-4-8-12-26/h3-22H,1-2H3. The number of aromatic nitrogens is 2. The molecule has 0 saturated heterocycles. The van der Waals surface area contributed by atoms with E-state index in [9.17, 15) is 0 Å². The first-order valence-corrected chi connectivity index (χ1v) is 14.9. The lowest BCUT2D eigenvalue weighted by Crippen LogP contribution is -1.92. The lowest BCUT2D eigenvalue weighted by Gasteiger charge is -2.07. The Morgan fingerprint density at radius 3 is 1.27 bits per heavy atom. The first kappa shape index (κ1) is 22.9. The van der Waals surface area contributed by atoms with Crippen molar-refractivity contribution in [2.75, 3.05) is 0 Å². The van der Waals surface area contributed by atoms with E-state index in [1.54, 1.807) is 0 Å². The Morgan fingerprint density at radius 2 is 0.829 bits per heavy atom. The van der Waals surface area contributed by atoms with Crippen LogP contribution < -0.4 is 0 Å². The fourth-order valence-electron chi connectivity index (χ4n) is 6.84. The minimum atomic E-state index is 1.20. The Morgan fingerprint density at radius 1 is 0.415 bits per heavy atom. The fraction of sp³-hybridized carbons (Fsp3) is 0.0526. The first-order valence-electron chi connectivity index (χ1n) is 14.1. The summed E-state index contributed by atoms with van der Waals surface area (Å²) in [6.07, 6.45) is 0. The first-order chi connectivity index (χ1) is 20.2. The lowest BCUT2D eigenvalue weighted by molar-refractivity contribution is 1.18. The monoisotopic (exact) mass is 542 g/mol. The van der Waals surface area contributed by atoms with Gasteiger partial charge in [0, 0.05) is 53.1 Å². The third kappa shape index (κ3) is 3.12. The molecule has 2 nitrogen and oxygen atoms in total. The number of fused-ring (bicyclic) bond motifs is 11. The number of para-hydroxylation sites is 2. The van der Waals surface area contributed by atoms with Crippen molar-refractivity contribution in [1.29, 1.82) is 0 Å². The van der Waals surface area contributed by atoms with Gasteiger partial charge in [0.1, 0.15) is 0 Å². The van der Waals surface area contributed by atoms with Crippen molar-refractivity contribution in [2.45, 2.75) is 13.8 Å². The van der Waals surface area contributed by atoms with E-state index in [0.29, 0.717) is 0 Å². The molecule has 0 saturated carbocycles. The zero-order valence-electron chi connectivity index (χ0n) is 22.8. The molecule has 3 heterocycles. The largest absolute Gasteiger partial charge is 0.309 e. The summed E-state index contributed by atoms with van der Waals surface area (Å²) in [6.45, 7) is 4.39. The maximum Gasteiger partial charge on any atom is 0.0555 e. The van der Waals surface area contributed by atoms with Crippen molar-refractivity contribution < 1.29 is 0 Å². The van der Waals surface area contributed by atoms with Gasteiger partial charge in [0.05, 0.1) is 22.1 Å². The predicted octanol–water partition coefficient (Wildman–Crippen LogP) is 10.9. The summed E-state index contributed by atoms with van der Waals surface area (Å²) in [5.41, 5.74) is 9.98. The molecular weight excluding hydrogens is 516 g/mol. The van der Waals surface area contributed by atoms with Crippen molar-refractivity contribution in [3.63, 3.8) is 0 Å². The van der Waals surface area contributed by atoms with Gasteiger partial charge < -0.3 is 9.13 Å². The van der Waals surface area contributed by atoms with E-state index < -0.39 is 0 Å². The minimum Gasteiger partial charge on any atom is -0.309 e. The van der Waals surface area contributed by atoms with Crippen molar-refractivity contribution in [3.8, 4) is 11.4 Å². The van der Waals surface area contributed by atoms with Crippen LogP contribution in [0.1, 0.15) is 11.1 Å². The Hall–Kier alpha value is -4.86. The van der Waals surface area contributed by atoms with E-state index in [1.165, 1.54) is 86.3 Å². The molecule has 3 heteroatoms. The van der Waals surface area contributed by atoms with Gasteiger partial charge in [-0.1, -0.05) is 71.8 Å². The van der Waals surface area contributed by atoms with Crippen LogP contribution in [-0.2, 0) is 0 Å². The summed E-state index contributed by atoms with van der Waals surface area (Å²) in [6, 6.07) is 44.6. The van der Waals surface area contributed by atoms with E-state index in [4.69, 9.17) is 0 Å². The molecule has 41 heavy (non-hydrogen) atoms. The molecular formula is C38H26N2S. The molecule has 9 aromatic rings. The van der Waals surface area contributed by atoms with E-state index in [0.717, 1.165) is 0 Å². The van der Waals surface area contributed by atoms with E-state index >= 15 is 0 Å². The number of hydrogen-bond donors (Lipinski definition) is 0. The predicted molar refractivity (Wildman–Crippen MR) is 177 cm³/mol. The maximum absolute atomic E-state index is 2.42. The van der Waals surface area contributed by atoms with E-state index in [-0.39, 0.29) is 0 Å². The third-order valence-electron chi connectivity index (χ3n) is 8.60. The number of benzene rings is 6. The molecule has 0 atom stereocenters. The van der Waals surface area contributed by atoms with Crippen LogP contribution in [0.25, 0.3) is 75.2 Å². The average Bonchev–Trinajstić information content (AvgIpc) is 3.65. The molecule has 194 valence electrons.